The number of benzene rings is 1. The molecular weight excluding hydrogens is 344 g/mol. The van der Waals surface area contributed by atoms with Crippen LogP contribution in [0.25, 0.3) is 5.57 Å². The van der Waals surface area contributed by atoms with Gasteiger partial charge in [0.05, 0.1) is 0 Å². The Labute approximate surface area is 157 Å². The molecule has 0 N–H and O–H groups in total. The topological polar surface area (TPSA) is 52.1 Å². The molecule has 134 valence electrons. The minimum absolute atomic E-state index is 0.374. The molecule has 1 aliphatic carbocycles. The zero-order chi connectivity index (χ0) is 18.4. The largest absolute Gasteiger partial charge is 0.444 e. The zero-order valence-corrected chi connectivity index (χ0v) is 15.8. The fourth-order valence-corrected chi connectivity index (χ4v) is 3.89. The predicted molar refractivity (Wildman–Crippen MR) is 105 cm³/mol. The molecule has 0 spiro atoms. The summed E-state index contributed by atoms with van der Waals surface area (Å²) >= 11 is 1.52. The average Bonchev–Trinajstić information content (AvgIpc) is 3.13. The number of hydrogen-bond donors (Lipinski definition) is 0. The highest BCUT2D eigenvalue weighted by Gasteiger charge is 2.38. The summed E-state index contributed by atoms with van der Waals surface area (Å²) in [4.78, 5) is 12.2. The van der Waals surface area contributed by atoms with E-state index in [-0.39, 0.29) is 5.97 Å². The summed E-state index contributed by atoms with van der Waals surface area (Å²) in [6, 6.07) is 10.2. The van der Waals surface area contributed by atoms with Crippen molar-refractivity contribution in [1.82, 2.24) is 10.2 Å². The van der Waals surface area contributed by atoms with E-state index < -0.39 is 5.60 Å². The van der Waals surface area contributed by atoms with Gasteiger partial charge in [-0.15, -0.1) is 10.2 Å². The van der Waals surface area contributed by atoms with Crippen LogP contribution in [0.1, 0.15) is 42.3 Å². The van der Waals surface area contributed by atoms with Crippen LogP contribution < -0.4 is 0 Å². The van der Waals surface area contributed by atoms with Gasteiger partial charge < -0.3 is 4.74 Å². The highest BCUT2D eigenvalue weighted by molar-refractivity contribution is 7.11. The van der Waals surface area contributed by atoms with Gasteiger partial charge in [0.25, 0.3) is 0 Å². The molecule has 1 aromatic carbocycles. The molecular formula is C21H22N2O2S. The van der Waals surface area contributed by atoms with Gasteiger partial charge in [-0.1, -0.05) is 66.8 Å². The molecule has 0 saturated heterocycles. The van der Waals surface area contributed by atoms with Crippen LogP contribution in [0, 0.1) is 0 Å². The molecule has 26 heavy (non-hydrogen) atoms. The molecule has 4 nitrogen and oxygen atoms in total. The van der Waals surface area contributed by atoms with E-state index in [1.807, 2.05) is 30.4 Å². The Morgan fingerprint density at radius 2 is 2.12 bits per heavy atom. The van der Waals surface area contributed by atoms with Crippen LogP contribution in [0.4, 0.5) is 0 Å². The lowest BCUT2D eigenvalue weighted by Crippen LogP contribution is -2.30. The van der Waals surface area contributed by atoms with Crippen molar-refractivity contribution in [3.63, 3.8) is 0 Å². The average molecular weight is 366 g/mol. The van der Waals surface area contributed by atoms with Gasteiger partial charge in [0.15, 0.2) is 10.6 Å². The number of aryl methyl sites for hydroxylation is 1. The fourth-order valence-electron chi connectivity index (χ4n) is 2.83. The smallest absolute Gasteiger partial charge is 0.331 e. The number of rotatable bonds is 6. The van der Waals surface area contributed by atoms with Crippen molar-refractivity contribution in [3.05, 3.63) is 76.3 Å². The minimum Gasteiger partial charge on any atom is -0.444 e. The molecule has 0 radical (unpaired) electrons. The van der Waals surface area contributed by atoms with Crippen LogP contribution in [-0.4, -0.2) is 16.2 Å². The summed E-state index contributed by atoms with van der Waals surface area (Å²) in [5.41, 5.74) is 1.36. The number of ether oxygens (including phenoxy) is 1. The Balaban J connectivity index is 1.91. The molecule has 0 amide bonds. The van der Waals surface area contributed by atoms with Gasteiger partial charge in [0.2, 0.25) is 0 Å². The molecule has 2 aromatic rings. The van der Waals surface area contributed by atoms with Gasteiger partial charge in [-0.25, -0.2) is 4.79 Å². The molecule has 1 heterocycles. The summed E-state index contributed by atoms with van der Waals surface area (Å²) < 4.78 is 5.83. The Morgan fingerprint density at radius 3 is 2.77 bits per heavy atom. The zero-order valence-electron chi connectivity index (χ0n) is 15.0. The van der Waals surface area contributed by atoms with Crippen LogP contribution >= 0.6 is 11.3 Å². The number of nitrogens with zero attached hydrogens (tertiary/aromatic N) is 2. The Bertz CT molecular complexity index is 852. The van der Waals surface area contributed by atoms with E-state index in [4.69, 9.17) is 4.74 Å². The maximum atomic E-state index is 12.2. The summed E-state index contributed by atoms with van der Waals surface area (Å²) in [5.74, 6) is -0.374. The molecule has 0 fully saturated rings. The van der Waals surface area contributed by atoms with Crippen molar-refractivity contribution in [2.45, 2.75) is 38.7 Å². The van der Waals surface area contributed by atoms with Gasteiger partial charge in [0, 0.05) is 18.9 Å². The molecule has 0 saturated carbocycles. The Hall–Kier alpha value is -2.53. The number of carbonyl (C=O) groups is 1. The van der Waals surface area contributed by atoms with Crippen LogP contribution in [-0.2, 0) is 21.6 Å². The van der Waals surface area contributed by atoms with Crippen molar-refractivity contribution in [2.75, 3.05) is 0 Å². The summed E-state index contributed by atoms with van der Waals surface area (Å²) in [6.45, 7) is 3.90. The highest BCUT2D eigenvalue weighted by Crippen LogP contribution is 2.39. The maximum absolute atomic E-state index is 12.2. The molecule has 3 rings (SSSR count). The molecule has 1 atom stereocenters. The number of allylic oxidation sites excluding steroid dienone is 3. The van der Waals surface area contributed by atoms with Gasteiger partial charge in [0.1, 0.15) is 5.01 Å². The number of carbonyl (C=O) groups excluding carboxylic acids is 1. The number of esters is 1. The van der Waals surface area contributed by atoms with E-state index in [9.17, 15) is 4.79 Å². The summed E-state index contributed by atoms with van der Waals surface area (Å²) in [5, 5.41) is 10.3. The molecule has 1 unspecified atom stereocenters. The Morgan fingerprint density at radius 1 is 1.31 bits per heavy atom. The van der Waals surface area contributed by atoms with Crippen molar-refractivity contribution in [2.24, 2.45) is 0 Å². The minimum atomic E-state index is -0.890. The van der Waals surface area contributed by atoms with Crippen molar-refractivity contribution in [1.29, 1.82) is 0 Å². The van der Waals surface area contributed by atoms with E-state index in [0.29, 0.717) is 6.42 Å². The fraction of sp³-hybridized carbons (Fsp3) is 0.286. The van der Waals surface area contributed by atoms with Gasteiger partial charge in [-0.3, -0.25) is 0 Å². The van der Waals surface area contributed by atoms with E-state index >= 15 is 0 Å². The number of hydrogen-bond acceptors (Lipinski definition) is 5. The second kappa shape index (κ2) is 8.23. The molecule has 0 aliphatic heterocycles. The third-order valence-electron chi connectivity index (χ3n) is 4.14. The van der Waals surface area contributed by atoms with Crippen molar-refractivity contribution >= 4 is 22.9 Å². The van der Waals surface area contributed by atoms with E-state index in [1.54, 1.807) is 13.0 Å². The normalized spacial score (nSPS) is 19.5. The van der Waals surface area contributed by atoms with Crippen LogP contribution in [0.15, 0.2) is 60.7 Å². The molecule has 1 aromatic heterocycles. The predicted octanol–water partition coefficient (Wildman–Crippen LogP) is 4.85. The SMILES string of the molecule is CC=CC(=O)OC1(c2nnc(CCC)s2)C=CC(c2ccccc2)=CC1. The molecule has 5 heteroatoms. The second-order valence-electron chi connectivity index (χ2n) is 6.12. The third kappa shape index (κ3) is 3.99. The lowest BCUT2D eigenvalue weighted by molar-refractivity contribution is -0.149. The van der Waals surface area contributed by atoms with Gasteiger partial charge in [-0.05, 0) is 30.6 Å². The molecule has 0 bridgehead atoms. The first-order valence-electron chi connectivity index (χ1n) is 8.80. The first-order valence-corrected chi connectivity index (χ1v) is 9.62. The third-order valence-corrected chi connectivity index (χ3v) is 5.28. The van der Waals surface area contributed by atoms with Crippen LogP contribution in [0.5, 0.6) is 0 Å². The Kier molecular flexibility index (Phi) is 5.78. The van der Waals surface area contributed by atoms with Crippen LogP contribution in [0.3, 0.4) is 0 Å². The standard InChI is InChI=1S/C21H22N2O2S/c1-3-8-18-22-23-20(26-18)21(25-19(24)9-4-2)14-12-17(13-15-21)16-10-6-5-7-11-16/h4-7,9-14H,3,8,15H2,1-2H3. The monoisotopic (exact) mass is 366 g/mol. The highest BCUT2D eigenvalue weighted by atomic mass is 32.1. The van der Waals surface area contributed by atoms with Gasteiger partial charge in [-0.2, -0.15) is 0 Å². The van der Waals surface area contributed by atoms with Gasteiger partial charge >= 0.3 is 5.97 Å². The lowest BCUT2D eigenvalue weighted by Gasteiger charge is -2.29. The first kappa shape index (κ1) is 18.3. The maximum Gasteiger partial charge on any atom is 0.331 e. The second-order valence-corrected chi connectivity index (χ2v) is 7.19. The number of aromatic nitrogens is 2. The quantitative estimate of drug-likeness (QED) is 0.542. The summed E-state index contributed by atoms with van der Waals surface area (Å²) in [6.07, 6.45) is 11.6. The van der Waals surface area contributed by atoms with Crippen molar-refractivity contribution < 1.29 is 9.53 Å². The van der Waals surface area contributed by atoms with Crippen LogP contribution in [0.2, 0.25) is 0 Å². The van der Waals surface area contributed by atoms with Crippen molar-refractivity contribution in [3.8, 4) is 0 Å². The summed E-state index contributed by atoms with van der Waals surface area (Å²) in [7, 11) is 0. The first-order chi connectivity index (χ1) is 12.7. The lowest BCUT2D eigenvalue weighted by atomic mass is 9.89. The van der Waals surface area contributed by atoms with E-state index in [0.717, 1.165) is 34.0 Å². The molecule has 1 aliphatic rings. The van der Waals surface area contributed by atoms with E-state index in [1.165, 1.54) is 17.4 Å². The van der Waals surface area contributed by atoms with E-state index in [2.05, 4.69) is 35.3 Å².